The van der Waals surface area contributed by atoms with Crippen LogP contribution < -0.4 is 15.8 Å². The number of piperazine rings is 1. The molecule has 0 unspecified atom stereocenters. The van der Waals surface area contributed by atoms with Crippen LogP contribution in [0.3, 0.4) is 0 Å². The standard InChI is InChI=1S/C43H56N8O2S/c1-27(2)51-38-18-33(17-35(36(38)24-46-51)41(52)45-23-37-39(54-4)13-28(3)47-42(37)53)32-5-6-40(44-22-32)50-11-9-49(10-12-50)34-25-48(26-34)8-7-43-19-29-14-30(20-43)16-31(15-29)21-43/h5-6,13,17-18,22,24,27,29-31,34H,7-12,14-16,19-21,23,25-26H2,1-4H3,(H,45,52)(H,47,53). The Kier molecular flexibility index (Phi) is 9.63. The molecule has 3 aromatic heterocycles. The van der Waals surface area contributed by atoms with Crippen molar-refractivity contribution in [2.24, 2.45) is 23.2 Å². The van der Waals surface area contributed by atoms with Gasteiger partial charge in [0.2, 0.25) is 0 Å². The van der Waals surface area contributed by atoms with E-state index < -0.39 is 0 Å². The molecule has 54 heavy (non-hydrogen) atoms. The molecule has 0 atom stereocenters. The normalized spacial score (nSPS) is 25.9. The number of nitrogens with one attached hydrogen (secondary N) is 2. The predicted octanol–water partition coefficient (Wildman–Crippen LogP) is 6.74. The number of nitrogens with zero attached hydrogens (tertiary/aromatic N) is 6. The van der Waals surface area contributed by atoms with Gasteiger partial charge in [0.05, 0.1) is 17.3 Å². The molecule has 2 saturated heterocycles. The van der Waals surface area contributed by atoms with Gasteiger partial charge in [-0.25, -0.2) is 4.98 Å². The lowest BCUT2D eigenvalue weighted by Crippen LogP contribution is -2.63. The molecule has 4 bridgehead atoms. The predicted molar refractivity (Wildman–Crippen MR) is 217 cm³/mol. The first-order valence-corrected chi connectivity index (χ1v) is 21.6. The average molecular weight is 749 g/mol. The van der Waals surface area contributed by atoms with Crippen LogP contribution in [0.15, 0.2) is 52.4 Å². The quantitative estimate of drug-likeness (QED) is 0.163. The molecule has 6 fully saturated rings. The van der Waals surface area contributed by atoms with E-state index in [0.717, 1.165) is 82.4 Å². The molecule has 0 radical (unpaired) electrons. The Bertz CT molecular complexity index is 2040. The fraction of sp³-hybridized carbons (Fsp3) is 0.581. The number of aromatic nitrogens is 4. The fourth-order valence-corrected chi connectivity index (χ4v) is 11.9. The summed E-state index contributed by atoms with van der Waals surface area (Å²) in [7, 11) is 0. The van der Waals surface area contributed by atoms with E-state index in [0.29, 0.717) is 22.6 Å². The molecule has 11 heteroatoms. The molecule has 0 spiro atoms. The molecule has 2 aliphatic heterocycles. The van der Waals surface area contributed by atoms with Crippen LogP contribution >= 0.6 is 11.8 Å². The monoisotopic (exact) mass is 748 g/mol. The van der Waals surface area contributed by atoms with E-state index in [4.69, 9.17) is 4.98 Å². The van der Waals surface area contributed by atoms with Gasteiger partial charge < -0.3 is 20.1 Å². The fourth-order valence-electron chi connectivity index (χ4n) is 11.2. The molecular formula is C43H56N8O2S. The molecule has 5 heterocycles. The van der Waals surface area contributed by atoms with Gasteiger partial charge in [-0.15, -0.1) is 11.8 Å². The van der Waals surface area contributed by atoms with Crippen LogP contribution in [-0.4, -0.2) is 93.6 Å². The molecule has 4 aliphatic carbocycles. The first-order chi connectivity index (χ1) is 26.1. The van der Waals surface area contributed by atoms with Gasteiger partial charge >= 0.3 is 0 Å². The Morgan fingerprint density at radius 1 is 0.981 bits per heavy atom. The van der Waals surface area contributed by atoms with Crippen molar-refractivity contribution in [2.75, 3.05) is 57.0 Å². The number of fused-ring (bicyclic) bond motifs is 1. The van der Waals surface area contributed by atoms with Gasteiger partial charge in [0.25, 0.3) is 11.5 Å². The summed E-state index contributed by atoms with van der Waals surface area (Å²) in [4.78, 5) is 43.1. The highest BCUT2D eigenvalue weighted by atomic mass is 32.2. The van der Waals surface area contributed by atoms with Gasteiger partial charge in [-0.05, 0) is 138 Å². The number of pyridine rings is 2. The van der Waals surface area contributed by atoms with Crippen molar-refractivity contribution >= 4 is 34.4 Å². The number of rotatable bonds is 11. The van der Waals surface area contributed by atoms with Crippen molar-refractivity contribution < 1.29 is 4.79 Å². The van der Waals surface area contributed by atoms with Crippen LogP contribution in [0.1, 0.15) is 86.5 Å². The summed E-state index contributed by atoms with van der Waals surface area (Å²) >= 11 is 1.51. The van der Waals surface area contributed by atoms with Crippen molar-refractivity contribution in [2.45, 2.75) is 89.2 Å². The van der Waals surface area contributed by atoms with Crippen LogP contribution in [0.2, 0.25) is 0 Å². The minimum absolute atomic E-state index is 0.123. The van der Waals surface area contributed by atoms with Crippen molar-refractivity contribution in [3.63, 3.8) is 0 Å². The Hall–Kier alpha value is -3.67. The van der Waals surface area contributed by atoms with Gasteiger partial charge in [0.15, 0.2) is 0 Å². The first-order valence-electron chi connectivity index (χ1n) is 20.4. The highest BCUT2D eigenvalue weighted by Crippen LogP contribution is 2.61. The van der Waals surface area contributed by atoms with Gasteiger partial charge in [-0.1, -0.05) is 0 Å². The topological polar surface area (TPSA) is 102 Å². The maximum atomic E-state index is 13.8. The summed E-state index contributed by atoms with van der Waals surface area (Å²) < 4.78 is 1.96. The largest absolute Gasteiger partial charge is 0.354 e. The third-order valence-electron chi connectivity index (χ3n) is 13.6. The summed E-state index contributed by atoms with van der Waals surface area (Å²) in [5, 5.41) is 8.45. The Balaban J connectivity index is 0.828. The summed E-state index contributed by atoms with van der Waals surface area (Å²) in [6.07, 6.45) is 16.3. The second-order valence-corrected chi connectivity index (χ2v) is 18.5. The molecule has 2 N–H and O–H groups in total. The lowest BCUT2D eigenvalue weighted by Gasteiger charge is -2.58. The molecule has 4 aromatic rings. The van der Waals surface area contributed by atoms with Crippen LogP contribution in [0, 0.1) is 30.1 Å². The summed E-state index contributed by atoms with van der Waals surface area (Å²) in [6.45, 7) is 14.1. The number of anilines is 1. The van der Waals surface area contributed by atoms with Crippen LogP contribution in [0.25, 0.3) is 22.0 Å². The van der Waals surface area contributed by atoms with E-state index in [2.05, 4.69) is 62.1 Å². The van der Waals surface area contributed by atoms with E-state index >= 15 is 0 Å². The SMILES string of the molecule is CSc1cc(C)[nH]c(=O)c1CNC(=O)c1cc(-c2ccc(N3CCN(C4CN(CCC56CC7CC(CC(C7)C5)C6)C4)CC3)nc2)cc2c1cnn2C(C)C. The van der Waals surface area contributed by atoms with E-state index in [1.807, 2.05) is 36.2 Å². The molecular weight excluding hydrogens is 693 g/mol. The Labute approximate surface area is 323 Å². The van der Waals surface area contributed by atoms with Crippen molar-refractivity contribution in [3.8, 4) is 11.1 Å². The second kappa shape index (κ2) is 14.4. The lowest BCUT2D eigenvalue weighted by molar-refractivity contribution is -0.0676. The number of hydrogen-bond acceptors (Lipinski definition) is 8. The smallest absolute Gasteiger partial charge is 0.254 e. The maximum Gasteiger partial charge on any atom is 0.254 e. The molecule has 1 amide bonds. The first kappa shape index (κ1) is 36.0. The van der Waals surface area contributed by atoms with Crippen molar-refractivity contribution in [1.82, 2.24) is 34.9 Å². The Morgan fingerprint density at radius 3 is 2.35 bits per heavy atom. The highest BCUT2D eigenvalue weighted by molar-refractivity contribution is 7.98. The molecule has 1 aromatic carbocycles. The average Bonchev–Trinajstić information content (AvgIpc) is 3.57. The van der Waals surface area contributed by atoms with Gasteiger partial charge in [-0.2, -0.15) is 5.10 Å². The minimum atomic E-state index is -0.239. The number of hydrogen-bond donors (Lipinski definition) is 2. The van der Waals surface area contributed by atoms with E-state index in [1.54, 1.807) is 25.5 Å². The minimum Gasteiger partial charge on any atom is -0.354 e. The van der Waals surface area contributed by atoms with E-state index in [-0.39, 0.29) is 24.1 Å². The van der Waals surface area contributed by atoms with Crippen molar-refractivity contribution in [1.29, 1.82) is 0 Å². The lowest BCUT2D eigenvalue weighted by atomic mass is 9.49. The third-order valence-corrected chi connectivity index (χ3v) is 14.4. The van der Waals surface area contributed by atoms with E-state index in [1.165, 1.54) is 57.1 Å². The number of benzene rings is 1. The number of amides is 1. The second-order valence-electron chi connectivity index (χ2n) is 17.7. The van der Waals surface area contributed by atoms with Gasteiger partial charge in [0, 0.05) is 91.2 Å². The summed E-state index contributed by atoms with van der Waals surface area (Å²) in [5.41, 5.74) is 5.17. The zero-order valence-corrected chi connectivity index (χ0v) is 33.3. The van der Waals surface area contributed by atoms with Crippen molar-refractivity contribution in [3.05, 3.63) is 69.9 Å². The third kappa shape index (κ3) is 6.89. The Morgan fingerprint density at radius 2 is 1.70 bits per heavy atom. The van der Waals surface area contributed by atoms with Gasteiger partial charge in [-0.3, -0.25) is 19.2 Å². The zero-order valence-electron chi connectivity index (χ0n) is 32.4. The maximum absolute atomic E-state index is 13.8. The molecule has 286 valence electrons. The van der Waals surface area contributed by atoms with Crippen LogP contribution in [0.4, 0.5) is 5.82 Å². The summed E-state index contributed by atoms with van der Waals surface area (Å²) in [6, 6.07) is 11.0. The van der Waals surface area contributed by atoms with Crippen LogP contribution in [0.5, 0.6) is 0 Å². The number of carbonyl (C=O) groups excluding carboxylic acids is 1. The van der Waals surface area contributed by atoms with Crippen LogP contribution in [-0.2, 0) is 6.54 Å². The number of H-pyrrole nitrogens is 1. The number of aryl methyl sites for hydroxylation is 1. The molecule has 10 nitrogen and oxygen atoms in total. The highest BCUT2D eigenvalue weighted by Gasteiger charge is 2.50. The van der Waals surface area contributed by atoms with Gasteiger partial charge in [0.1, 0.15) is 5.82 Å². The number of carbonyl (C=O) groups is 1. The number of likely N-dealkylation sites (tertiary alicyclic amines) is 1. The number of aromatic amines is 1. The van der Waals surface area contributed by atoms with E-state index in [9.17, 15) is 9.59 Å². The number of thioether (sulfide) groups is 1. The zero-order chi connectivity index (χ0) is 37.1. The molecule has 10 rings (SSSR count). The summed E-state index contributed by atoms with van der Waals surface area (Å²) in [5.74, 6) is 3.92. The molecule has 4 saturated carbocycles. The molecule has 6 aliphatic rings.